The third-order valence-electron chi connectivity index (χ3n) is 3.01. The molecule has 0 N–H and O–H groups in total. The molecule has 0 saturated carbocycles. The first-order chi connectivity index (χ1) is 9.65. The van der Waals surface area contributed by atoms with E-state index < -0.39 is 0 Å². The second-order valence-electron chi connectivity index (χ2n) is 4.88. The highest BCUT2D eigenvalue weighted by molar-refractivity contribution is 5.76. The van der Waals surface area contributed by atoms with Crippen LogP contribution in [-0.2, 0) is 6.54 Å². The number of aromatic nitrogens is 4. The topological polar surface area (TPSA) is 73.8 Å². The van der Waals surface area contributed by atoms with Gasteiger partial charge in [0.25, 0.3) is 5.56 Å². The maximum atomic E-state index is 12.3. The third kappa shape index (κ3) is 2.20. The molecule has 0 aliphatic heterocycles. The molecule has 1 aromatic carbocycles. The number of benzene rings is 1. The van der Waals surface area contributed by atoms with Gasteiger partial charge >= 0.3 is 0 Å². The molecule has 0 aliphatic rings. The van der Waals surface area contributed by atoms with Gasteiger partial charge in [0.15, 0.2) is 0 Å². The Bertz CT molecular complexity index is 804. The maximum absolute atomic E-state index is 12.3. The number of fused-ring (bicyclic) bond motifs is 1. The summed E-state index contributed by atoms with van der Waals surface area (Å²) in [7, 11) is 0. The van der Waals surface area contributed by atoms with Crippen LogP contribution in [0.3, 0.4) is 0 Å². The number of nitrogens with zero attached hydrogens (tertiary/aromatic N) is 4. The molecule has 2 aromatic heterocycles. The summed E-state index contributed by atoms with van der Waals surface area (Å²) in [6.45, 7) is 4.18. The van der Waals surface area contributed by atoms with E-state index in [9.17, 15) is 4.79 Å². The maximum Gasteiger partial charge on any atom is 0.261 e. The highest BCUT2D eigenvalue weighted by Crippen LogP contribution is 2.12. The minimum absolute atomic E-state index is 0.111. The molecule has 0 saturated heterocycles. The molecule has 2 heterocycles. The highest BCUT2D eigenvalue weighted by Gasteiger charge is 2.11. The molecule has 0 spiro atoms. The minimum atomic E-state index is -0.111. The molecular weight excluding hydrogens is 256 g/mol. The van der Waals surface area contributed by atoms with Gasteiger partial charge in [-0.15, -0.1) is 10.2 Å². The van der Waals surface area contributed by atoms with Crippen LogP contribution in [-0.4, -0.2) is 19.7 Å². The van der Waals surface area contributed by atoms with E-state index in [0.717, 1.165) is 0 Å². The van der Waals surface area contributed by atoms with Crippen molar-refractivity contribution in [2.24, 2.45) is 0 Å². The summed E-state index contributed by atoms with van der Waals surface area (Å²) in [6, 6.07) is 7.24. The number of hydrogen-bond donors (Lipinski definition) is 0. The predicted molar refractivity (Wildman–Crippen MR) is 73.5 cm³/mol. The molecule has 0 aliphatic carbocycles. The van der Waals surface area contributed by atoms with Gasteiger partial charge < -0.3 is 4.42 Å². The van der Waals surface area contributed by atoms with Crippen LogP contribution in [0.2, 0.25) is 0 Å². The summed E-state index contributed by atoms with van der Waals surface area (Å²) in [6.07, 6.45) is 1.50. The molecule has 0 amide bonds. The fraction of sp³-hybridized carbons (Fsp3) is 0.286. The Morgan fingerprint density at radius 2 is 2.05 bits per heavy atom. The molecule has 6 heteroatoms. The first-order valence-corrected chi connectivity index (χ1v) is 6.41. The van der Waals surface area contributed by atoms with E-state index in [0.29, 0.717) is 22.7 Å². The lowest BCUT2D eigenvalue weighted by atomic mass is 10.2. The fourth-order valence-electron chi connectivity index (χ4n) is 1.93. The summed E-state index contributed by atoms with van der Waals surface area (Å²) in [4.78, 5) is 16.6. The fourth-order valence-corrected chi connectivity index (χ4v) is 1.93. The first-order valence-electron chi connectivity index (χ1n) is 6.41. The van der Waals surface area contributed by atoms with Gasteiger partial charge in [-0.3, -0.25) is 9.36 Å². The van der Waals surface area contributed by atoms with Crippen molar-refractivity contribution < 1.29 is 4.42 Å². The Balaban J connectivity index is 1.98. The Labute approximate surface area is 115 Å². The molecule has 102 valence electrons. The molecule has 0 bridgehead atoms. The Morgan fingerprint density at radius 3 is 2.80 bits per heavy atom. The van der Waals surface area contributed by atoms with Gasteiger partial charge in [0.05, 0.1) is 17.2 Å². The van der Waals surface area contributed by atoms with Crippen molar-refractivity contribution in [2.45, 2.75) is 26.3 Å². The van der Waals surface area contributed by atoms with Crippen LogP contribution in [0, 0.1) is 0 Å². The minimum Gasteiger partial charge on any atom is -0.423 e. The monoisotopic (exact) mass is 270 g/mol. The molecule has 0 radical (unpaired) electrons. The van der Waals surface area contributed by atoms with E-state index in [1.807, 2.05) is 32.0 Å². The summed E-state index contributed by atoms with van der Waals surface area (Å²) >= 11 is 0. The molecule has 0 unspecified atom stereocenters. The van der Waals surface area contributed by atoms with Crippen molar-refractivity contribution in [3.8, 4) is 0 Å². The van der Waals surface area contributed by atoms with Crippen LogP contribution in [0.5, 0.6) is 0 Å². The van der Waals surface area contributed by atoms with Crippen LogP contribution in [0.15, 0.2) is 39.8 Å². The summed E-state index contributed by atoms with van der Waals surface area (Å²) in [5.41, 5.74) is 0.571. The van der Waals surface area contributed by atoms with Gasteiger partial charge in [-0.05, 0) is 12.1 Å². The van der Waals surface area contributed by atoms with E-state index in [4.69, 9.17) is 4.42 Å². The SMILES string of the molecule is CC(C)c1nnc(Cn2cnc3ccccc3c2=O)o1. The average molecular weight is 270 g/mol. The lowest BCUT2D eigenvalue weighted by molar-refractivity contribution is 0.420. The number of rotatable bonds is 3. The highest BCUT2D eigenvalue weighted by atomic mass is 16.4. The summed E-state index contributed by atoms with van der Waals surface area (Å²) in [5.74, 6) is 1.15. The molecule has 0 fully saturated rings. The lowest BCUT2D eigenvalue weighted by Crippen LogP contribution is -2.21. The second kappa shape index (κ2) is 4.88. The number of hydrogen-bond acceptors (Lipinski definition) is 5. The van der Waals surface area contributed by atoms with Gasteiger partial charge in [0, 0.05) is 5.92 Å². The van der Waals surface area contributed by atoms with Crippen LogP contribution >= 0.6 is 0 Å². The zero-order valence-corrected chi connectivity index (χ0v) is 11.3. The zero-order chi connectivity index (χ0) is 14.1. The van der Waals surface area contributed by atoms with Gasteiger partial charge in [-0.2, -0.15) is 0 Å². The lowest BCUT2D eigenvalue weighted by Gasteiger charge is -2.03. The molecule has 0 atom stereocenters. The third-order valence-corrected chi connectivity index (χ3v) is 3.01. The van der Waals surface area contributed by atoms with Crippen molar-refractivity contribution in [1.29, 1.82) is 0 Å². The van der Waals surface area contributed by atoms with Crippen molar-refractivity contribution in [3.05, 3.63) is 52.7 Å². The van der Waals surface area contributed by atoms with Crippen molar-refractivity contribution in [3.63, 3.8) is 0 Å². The second-order valence-corrected chi connectivity index (χ2v) is 4.88. The quantitative estimate of drug-likeness (QED) is 0.727. The Hall–Kier alpha value is -2.50. The van der Waals surface area contributed by atoms with Crippen LogP contribution in [0.25, 0.3) is 10.9 Å². The molecule has 3 rings (SSSR count). The largest absolute Gasteiger partial charge is 0.423 e. The molecular formula is C14H14N4O2. The standard InChI is InChI=1S/C14H14N4O2/c1-9(2)13-17-16-12(20-13)7-18-8-15-11-6-4-3-5-10(11)14(18)19/h3-6,8-9H,7H2,1-2H3. The average Bonchev–Trinajstić information content (AvgIpc) is 2.91. The van der Waals surface area contributed by atoms with E-state index in [2.05, 4.69) is 15.2 Å². The van der Waals surface area contributed by atoms with Crippen molar-refractivity contribution in [2.75, 3.05) is 0 Å². The van der Waals surface area contributed by atoms with Gasteiger partial charge in [0.2, 0.25) is 11.8 Å². The van der Waals surface area contributed by atoms with Crippen molar-refractivity contribution in [1.82, 2.24) is 19.7 Å². The van der Waals surface area contributed by atoms with Crippen molar-refractivity contribution >= 4 is 10.9 Å². The van der Waals surface area contributed by atoms with Crippen LogP contribution in [0.4, 0.5) is 0 Å². The summed E-state index contributed by atoms with van der Waals surface area (Å²) < 4.78 is 6.98. The van der Waals surface area contributed by atoms with Gasteiger partial charge in [-0.1, -0.05) is 26.0 Å². The molecule has 6 nitrogen and oxygen atoms in total. The van der Waals surface area contributed by atoms with E-state index in [1.165, 1.54) is 10.9 Å². The van der Waals surface area contributed by atoms with E-state index >= 15 is 0 Å². The van der Waals surface area contributed by atoms with E-state index in [-0.39, 0.29) is 18.0 Å². The van der Waals surface area contributed by atoms with E-state index in [1.54, 1.807) is 6.07 Å². The Morgan fingerprint density at radius 1 is 1.25 bits per heavy atom. The predicted octanol–water partition coefficient (Wildman–Crippen LogP) is 1.95. The van der Waals surface area contributed by atoms with Gasteiger partial charge in [0.1, 0.15) is 6.54 Å². The smallest absolute Gasteiger partial charge is 0.261 e. The van der Waals surface area contributed by atoms with Crippen LogP contribution in [0.1, 0.15) is 31.5 Å². The zero-order valence-electron chi connectivity index (χ0n) is 11.3. The van der Waals surface area contributed by atoms with Crippen LogP contribution < -0.4 is 5.56 Å². The number of para-hydroxylation sites is 1. The molecule has 3 aromatic rings. The van der Waals surface area contributed by atoms with Gasteiger partial charge in [-0.25, -0.2) is 4.98 Å². The normalized spacial score (nSPS) is 11.3. The first kappa shape index (κ1) is 12.5. The Kier molecular flexibility index (Phi) is 3.06. The summed E-state index contributed by atoms with van der Waals surface area (Å²) in [5, 5.41) is 8.48. The molecule has 20 heavy (non-hydrogen) atoms.